The predicted molar refractivity (Wildman–Crippen MR) is 135 cm³/mol. The molecule has 3 rings (SSSR count). The maximum Gasteiger partial charge on any atom is 0.191 e. The average molecular weight is 523 g/mol. The molecule has 0 aliphatic carbocycles. The van der Waals surface area contributed by atoms with Gasteiger partial charge in [0.25, 0.3) is 0 Å². The summed E-state index contributed by atoms with van der Waals surface area (Å²) in [6.07, 6.45) is 4.54. The van der Waals surface area contributed by atoms with Gasteiger partial charge in [0.2, 0.25) is 0 Å². The fourth-order valence-corrected chi connectivity index (χ4v) is 3.45. The topological polar surface area (TPSA) is 61.8 Å². The summed E-state index contributed by atoms with van der Waals surface area (Å²) in [7, 11) is 1.79. The van der Waals surface area contributed by atoms with E-state index in [1.54, 1.807) is 7.05 Å². The van der Waals surface area contributed by atoms with Crippen molar-refractivity contribution < 1.29 is 4.74 Å². The highest BCUT2D eigenvalue weighted by Gasteiger charge is 2.13. The van der Waals surface area contributed by atoms with E-state index in [0.29, 0.717) is 13.1 Å². The van der Waals surface area contributed by atoms with Crippen LogP contribution in [-0.4, -0.2) is 37.2 Å². The number of ether oxygens (including phenoxy) is 1. The Labute approximate surface area is 197 Å². The lowest BCUT2D eigenvalue weighted by molar-refractivity contribution is 0.239. The van der Waals surface area contributed by atoms with Crippen LogP contribution in [0.4, 0.5) is 5.82 Å². The molecule has 7 heteroatoms. The monoisotopic (exact) mass is 523 g/mol. The quantitative estimate of drug-likeness (QED) is 0.323. The van der Waals surface area contributed by atoms with Gasteiger partial charge in [-0.25, -0.2) is 4.98 Å². The zero-order valence-corrected chi connectivity index (χ0v) is 20.8. The van der Waals surface area contributed by atoms with Crippen molar-refractivity contribution in [1.82, 2.24) is 15.6 Å². The molecule has 2 N–H and O–H groups in total. The average Bonchev–Trinajstić information content (AvgIpc) is 3.24. The van der Waals surface area contributed by atoms with E-state index in [1.807, 2.05) is 20.0 Å². The molecule has 0 spiro atoms. The van der Waals surface area contributed by atoms with Crippen molar-refractivity contribution in [3.63, 3.8) is 0 Å². The molecule has 1 aromatic heterocycles. The minimum Gasteiger partial charge on any atom is -0.491 e. The number of halogens is 1. The normalized spacial score (nSPS) is 13.9. The molecule has 0 radical (unpaired) electrons. The summed E-state index contributed by atoms with van der Waals surface area (Å²) < 4.78 is 5.97. The Balaban J connectivity index is 0.00000320. The van der Waals surface area contributed by atoms with Crippen molar-refractivity contribution in [3.8, 4) is 5.75 Å². The molecule has 6 nitrogen and oxygen atoms in total. The summed E-state index contributed by atoms with van der Waals surface area (Å²) in [4.78, 5) is 11.2. The summed E-state index contributed by atoms with van der Waals surface area (Å²) in [5.74, 6) is 2.76. The lowest BCUT2D eigenvalue weighted by Gasteiger charge is -2.18. The van der Waals surface area contributed by atoms with Crippen LogP contribution in [0.25, 0.3) is 0 Å². The molecule has 2 aromatic rings. The predicted octanol–water partition coefficient (Wildman–Crippen LogP) is 4.26. The Morgan fingerprint density at radius 1 is 1.13 bits per heavy atom. The van der Waals surface area contributed by atoms with Gasteiger partial charge in [-0.3, -0.25) is 4.99 Å². The second-order valence-corrected chi connectivity index (χ2v) is 7.77. The highest BCUT2D eigenvalue weighted by molar-refractivity contribution is 14.0. The summed E-state index contributed by atoms with van der Waals surface area (Å²) in [5.41, 5.74) is 3.51. The Kier molecular flexibility index (Phi) is 9.68. The molecule has 1 aliphatic heterocycles. The first-order chi connectivity index (χ1) is 14.0. The number of aromatic nitrogens is 1. The van der Waals surface area contributed by atoms with Crippen molar-refractivity contribution in [2.24, 2.45) is 4.99 Å². The van der Waals surface area contributed by atoms with Gasteiger partial charge in [-0.2, -0.15) is 0 Å². The highest BCUT2D eigenvalue weighted by atomic mass is 127. The van der Waals surface area contributed by atoms with Gasteiger partial charge in [0.15, 0.2) is 5.96 Å². The first-order valence-corrected chi connectivity index (χ1v) is 10.5. The Bertz CT molecular complexity index is 834. The molecule has 1 aromatic carbocycles. The number of anilines is 1. The smallest absolute Gasteiger partial charge is 0.191 e. The molecule has 1 fully saturated rings. The third-order valence-corrected chi connectivity index (χ3v) is 4.96. The van der Waals surface area contributed by atoms with Crippen molar-refractivity contribution in [2.75, 3.05) is 25.0 Å². The Morgan fingerprint density at radius 3 is 2.57 bits per heavy atom. The van der Waals surface area contributed by atoms with Crippen LogP contribution in [-0.2, 0) is 13.1 Å². The van der Waals surface area contributed by atoms with E-state index in [9.17, 15) is 0 Å². The second-order valence-electron chi connectivity index (χ2n) is 7.77. The van der Waals surface area contributed by atoms with Gasteiger partial charge in [-0.15, -0.1) is 24.0 Å². The van der Waals surface area contributed by atoms with Crippen LogP contribution in [0, 0.1) is 6.92 Å². The van der Waals surface area contributed by atoms with Gasteiger partial charge in [-0.1, -0.05) is 12.1 Å². The first-order valence-electron chi connectivity index (χ1n) is 10.5. The van der Waals surface area contributed by atoms with E-state index >= 15 is 0 Å². The van der Waals surface area contributed by atoms with E-state index in [2.05, 4.69) is 62.8 Å². The van der Waals surface area contributed by atoms with Crippen LogP contribution >= 0.6 is 24.0 Å². The van der Waals surface area contributed by atoms with Crippen molar-refractivity contribution in [3.05, 3.63) is 53.2 Å². The number of rotatable bonds is 7. The third kappa shape index (κ3) is 7.04. The van der Waals surface area contributed by atoms with Crippen LogP contribution in [0.15, 0.2) is 41.5 Å². The Hall–Kier alpha value is -2.03. The van der Waals surface area contributed by atoms with E-state index in [1.165, 1.54) is 24.0 Å². The number of pyridine rings is 1. The SMILES string of the molecule is CN=C(NCc1ccnc(N2CCCC2)c1)NCc1ccc(C)cc1OC(C)C.I. The lowest BCUT2D eigenvalue weighted by Crippen LogP contribution is -2.36. The van der Waals surface area contributed by atoms with E-state index in [-0.39, 0.29) is 30.1 Å². The molecular formula is C23H34IN5O. The van der Waals surface area contributed by atoms with Gasteiger partial charge in [0.05, 0.1) is 6.10 Å². The largest absolute Gasteiger partial charge is 0.491 e. The van der Waals surface area contributed by atoms with E-state index < -0.39 is 0 Å². The number of benzene rings is 1. The fraction of sp³-hybridized carbons (Fsp3) is 0.478. The van der Waals surface area contributed by atoms with E-state index in [0.717, 1.165) is 36.2 Å². The molecule has 0 saturated carbocycles. The molecular weight excluding hydrogens is 489 g/mol. The molecule has 2 heterocycles. The number of aliphatic imine (C=N–C) groups is 1. The standard InChI is InChI=1S/C23H33N5O.HI/c1-17(2)29-21-13-18(3)7-8-20(21)16-27-23(24-4)26-15-19-9-10-25-22(14-19)28-11-5-6-12-28;/h7-10,13-14,17H,5-6,11-12,15-16H2,1-4H3,(H2,24,26,27);1H. The summed E-state index contributed by atoms with van der Waals surface area (Å²) >= 11 is 0. The maximum absolute atomic E-state index is 5.97. The fourth-order valence-electron chi connectivity index (χ4n) is 3.45. The molecule has 1 saturated heterocycles. The summed E-state index contributed by atoms with van der Waals surface area (Å²) in [5, 5.41) is 6.79. The second kappa shape index (κ2) is 12.0. The zero-order valence-electron chi connectivity index (χ0n) is 18.4. The number of hydrogen-bond acceptors (Lipinski definition) is 4. The minimum atomic E-state index is 0. The van der Waals surface area contributed by atoms with Gasteiger partial charge < -0.3 is 20.3 Å². The number of aryl methyl sites for hydroxylation is 1. The van der Waals surface area contributed by atoms with Gasteiger partial charge in [0, 0.05) is 45.0 Å². The highest BCUT2D eigenvalue weighted by Crippen LogP contribution is 2.22. The molecule has 0 bridgehead atoms. The number of guanidine groups is 1. The molecule has 0 amide bonds. The van der Waals surface area contributed by atoms with Crippen LogP contribution in [0.1, 0.15) is 43.4 Å². The maximum atomic E-state index is 5.97. The van der Waals surface area contributed by atoms with Crippen LogP contribution in [0.2, 0.25) is 0 Å². The van der Waals surface area contributed by atoms with Crippen molar-refractivity contribution in [2.45, 2.75) is 52.8 Å². The molecule has 0 atom stereocenters. The number of nitrogens with one attached hydrogen (secondary N) is 2. The number of hydrogen-bond donors (Lipinski definition) is 2. The molecule has 30 heavy (non-hydrogen) atoms. The number of nitrogens with zero attached hydrogens (tertiary/aromatic N) is 3. The van der Waals surface area contributed by atoms with Crippen LogP contribution in [0.5, 0.6) is 5.75 Å². The van der Waals surface area contributed by atoms with Crippen molar-refractivity contribution >= 4 is 35.8 Å². The summed E-state index contributed by atoms with van der Waals surface area (Å²) in [6.45, 7) is 9.73. The molecule has 1 aliphatic rings. The van der Waals surface area contributed by atoms with Crippen molar-refractivity contribution in [1.29, 1.82) is 0 Å². The lowest BCUT2D eigenvalue weighted by atomic mass is 10.1. The van der Waals surface area contributed by atoms with Crippen LogP contribution < -0.4 is 20.3 Å². The summed E-state index contributed by atoms with van der Waals surface area (Å²) in [6, 6.07) is 10.5. The van der Waals surface area contributed by atoms with Gasteiger partial charge in [0.1, 0.15) is 11.6 Å². The van der Waals surface area contributed by atoms with Gasteiger partial charge in [-0.05, 0) is 62.9 Å². The molecule has 164 valence electrons. The Morgan fingerprint density at radius 2 is 1.87 bits per heavy atom. The van der Waals surface area contributed by atoms with Gasteiger partial charge >= 0.3 is 0 Å². The minimum absolute atomic E-state index is 0. The van der Waals surface area contributed by atoms with E-state index in [4.69, 9.17) is 4.74 Å². The first kappa shape index (κ1) is 24.2. The zero-order chi connectivity index (χ0) is 20.6. The van der Waals surface area contributed by atoms with Crippen LogP contribution in [0.3, 0.4) is 0 Å². The molecule has 0 unspecified atom stereocenters. The third-order valence-electron chi connectivity index (χ3n) is 4.96.